The first-order valence-electron chi connectivity index (χ1n) is 7.61. The minimum atomic E-state index is -0.347. The van der Waals surface area contributed by atoms with E-state index >= 15 is 0 Å². The molecule has 1 N–H and O–H groups in total. The summed E-state index contributed by atoms with van der Waals surface area (Å²) in [5.41, 5.74) is -0.218. The summed E-state index contributed by atoms with van der Waals surface area (Å²) < 4.78 is 0. The predicted molar refractivity (Wildman–Crippen MR) is 82.4 cm³/mol. The summed E-state index contributed by atoms with van der Waals surface area (Å²) in [6.07, 6.45) is 8.55. The average molecular weight is 289 g/mol. The van der Waals surface area contributed by atoms with Crippen LogP contribution in [0.4, 0.5) is 0 Å². The molecule has 1 atom stereocenters. The highest BCUT2D eigenvalue weighted by Gasteiger charge is 2.27. The Morgan fingerprint density at radius 2 is 2.29 bits per heavy atom. The van der Waals surface area contributed by atoms with Gasteiger partial charge in [0.15, 0.2) is 0 Å². The zero-order valence-corrected chi connectivity index (χ0v) is 12.9. The lowest BCUT2D eigenvalue weighted by Crippen LogP contribution is -2.39. The van der Waals surface area contributed by atoms with Gasteiger partial charge in [0.25, 0.3) is 11.5 Å². The van der Waals surface area contributed by atoms with Gasteiger partial charge in [-0.3, -0.25) is 9.59 Å². The van der Waals surface area contributed by atoms with Crippen LogP contribution in [-0.2, 0) is 0 Å². The van der Waals surface area contributed by atoms with Crippen molar-refractivity contribution in [1.29, 1.82) is 0 Å². The number of aromatic nitrogens is 2. The minimum absolute atomic E-state index is 0.0987. The Bertz CT molecular complexity index is 589. The van der Waals surface area contributed by atoms with Crippen molar-refractivity contribution in [1.82, 2.24) is 14.9 Å². The van der Waals surface area contributed by atoms with Crippen LogP contribution < -0.4 is 5.56 Å². The number of unbranched alkanes of at least 4 members (excludes halogenated alkanes) is 1. The predicted octanol–water partition coefficient (Wildman–Crippen LogP) is 2.46. The molecule has 1 aromatic heterocycles. The molecule has 1 aliphatic heterocycles. The quantitative estimate of drug-likeness (QED) is 0.847. The van der Waals surface area contributed by atoms with E-state index in [1.54, 1.807) is 4.90 Å². The van der Waals surface area contributed by atoms with E-state index < -0.39 is 0 Å². The summed E-state index contributed by atoms with van der Waals surface area (Å²) in [7, 11) is 0. The van der Waals surface area contributed by atoms with Crippen LogP contribution in [0.3, 0.4) is 0 Å². The summed E-state index contributed by atoms with van der Waals surface area (Å²) in [5, 5.41) is 0. The number of H-pyrrole nitrogens is 1. The van der Waals surface area contributed by atoms with Crippen molar-refractivity contribution in [3.63, 3.8) is 0 Å². The van der Waals surface area contributed by atoms with Gasteiger partial charge in [-0.2, -0.15) is 0 Å². The van der Waals surface area contributed by atoms with Crippen molar-refractivity contribution in [3.8, 4) is 0 Å². The molecule has 0 bridgehead atoms. The highest BCUT2D eigenvalue weighted by atomic mass is 16.2. The maximum atomic E-state index is 12.5. The van der Waals surface area contributed by atoms with E-state index in [4.69, 9.17) is 0 Å². The molecule has 0 spiro atoms. The fourth-order valence-corrected chi connectivity index (χ4v) is 2.48. The van der Waals surface area contributed by atoms with Gasteiger partial charge in [0.1, 0.15) is 11.4 Å². The molecule has 0 fully saturated rings. The second-order valence-corrected chi connectivity index (χ2v) is 5.76. The molecule has 2 rings (SSSR count). The molecule has 1 aliphatic rings. The van der Waals surface area contributed by atoms with Crippen LogP contribution in [0.5, 0.6) is 0 Å². The van der Waals surface area contributed by atoms with Crippen molar-refractivity contribution in [2.45, 2.75) is 52.0 Å². The summed E-state index contributed by atoms with van der Waals surface area (Å²) in [6.45, 7) is 6.60. The van der Waals surface area contributed by atoms with Gasteiger partial charge >= 0.3 is 0 Å². The normalized spacial score (nSPS) is 17.7. The van der Waals surface area contributed by atoms with Crippen LogP contribution in [0.15, 0.2) is 23.1 Å². The van der Waals surface area contributed by atoms with Crippen LogP contribution in [0.1, 0.15) is 62.1 Å². The topological polar surface area (TPSA) is 66.1 Å². The van der Waals surface area contributed by atoms with E-state index in [0.717, 1.165) is 19.3 Å². The lowest BCUT2D eigenvalue weighted by Gasteiger charge is -2.24. The fraction of sp³-hybridized carbons (Fsp3) is 0.562. The second-order valence-electron chi connectivity index (χ2n) is 5.76. The first-order chi connectivity index (χ1) is 10.0. The van der Waals surface area contributed by atoms with E-state index in [1.165, 1.54) is 6.20 Å². The molecule has 0 saturated heterocycles. The standard InChI is InChI=1S/C16H23N3O2/c1-4-5-7-12-8-6-9-19(12)16(21)13-10-17-14(11(2)3)18-15(13)20/h6,8,10-12H,4-5,7,9H2,1-3H3,(H,17,18,20)/t12-/m1/s1. The highest BCUT2D eigenvalue weighted by Crippen LogP contribution is 2.18. The number of hydrogen-bond acceptors (Lipinski definition) is 3. The molecule has 114 valence electrons. The molecular weight excluding hydrogens is 266 g/mol. The molecule has 0 aromatic carbocycles. The van der Waals surface area contributed by atoms with Crippen molar-refractivity contribution in [2.75, 3.05) is 6.54 Å². The molecule has 5 heteroatoms. The summed E-state index contributed by atoms with van der Waals surface area (Å²) in [5.74, 6) is 0.511. The van der Waals surface area contributed by atoms with Gasteiger partial charge < -0.3 is 9.88 Å². The lowest BCUT2D eigenvalue weighted by atomic mass is 10.1. The van der Waals surface area contributed by atoms with Gasteiger partial charge in [-0.25, -0.2) is 4.98 Å². The first-order valence-corrected chi connectivity index (χ1v) is 7.61. The van der Waals surface area contributed by atoms with E-state index in [-0.39, 0.29) is 29.0 Å². The molecule has 0 saturated carbocycles. The summed E-state index contributed by atoms with van der Waals surface area (Å²) in [6, 6.07) is 0.0987. The maximum Gasteiger partial charge on any atom is 0.263 e. The van der Waals surface area contributed by atoms with Gasteiger partial charge in [0, 0.05) is 18.7 Å². The SMILES string of the molecule is CCCC[C@@H]1C=CCN1C(=O)c1cnc(C(C)C)[nH]c1=O. The zero-order valence-electron chi connectivity index (χ0n) is 12.9. The van der Waals surface area contributed by atoms with Crippen LogP contribution in [0.2, 0.25) is 0 Å². The molecule has 1 aromatic rings. The third-order valence-corrected chi connectivity index (χ3v) is 3.77. The number of aromatic amines is 1. The number of carbonyl (C=O) groups excluding carboxylic acids is 1. The molecule has 21 heavy (non-hydrogen) atoms. The average Bonchev–Trinajstić information content (AvgIpc) is 2.92. The van der Waals surface area contributed by atoms with Gasteiger partial charge in [0.05, 0.1) is 6.04 Å². The number of nitrogens with zero attached hydrogens (tertiary/aromatic N) is 2. The Morgan fingerprint density at radius 3 is 2.90 bits per heavy atom. The van der Waals surface area contributed by atoms with Crippen molar-refractivity contribution < 1.29 is 4.79 Å². The van der Waals surface area contributed by atoms with Crippen LogP contribution in [-0.4, -0.2) is 33.4 Å². The minimum Gasteiger partial charge on any atom is -0.328 e. The van der Waals surface area contributed by atoms with Gasteiger partial charge in [-0.1, -0.05) is 45.8 Å². The molecule has 1 amide bonds. The fourth-order valence-electron chi connectivity index (χ4n) is 2.48. The second kappa shape index (κ2) is 6.70. The molecule has 0 aliphatic carbocycles. The number of carbonyl (C=O) groups is 1. The Labute approximate surface area is 125 Å². The van der Waals surface area contributed by atoms with Crippen LogP contribution in [0, 0.1) is 0 Å². The monoisotopic (exact) mass is 289 g/mol. The third kappa shape index (κ3) is 3.40. The highest BCUT2D eigenvalue weighted by molar-refractivity contribution is 5.94. The summed E-state index contributed by atoms with van der Waals surface area (Å²) >= 11 is 0. The first kappa shape index (κ1) is 15.5. The summed E-state index contributed by atoms with van der Waals surface area (Å²) in [4.78, 5) is 33.3. The van der Waals surface area contributed by atoms with Crippen LogP contribution in [0.25, 0.3) is 0 Å². The number of amides is 1. The smallest absolute Gasteiger partial charge is 0.263 e. The van der Waals surface area contributed by atoms with Gasteiger partial charge in [-0.05, 0) is 6.42 Å². The van der Waals surface area contributed by atoms with Gasteiger partial charge in [0.2, 0.25) is 0 Å². The van der Waals surface area contributed by atoms with E-state index in [9.17, 15) is 9.59 Å². The molecular formula is C16H23N3O2. The zero-order chi connectivity index (χ0) is 15.4. The Kier molecular flexibility index (Phi) is 4.94. The Morgan fingerprint density at radius 1 is 1.52 bits per heavy atom. The lowest BCUT2D eigenvalue weighted by molar-refractivity contribution is 0.0741. The maximum absolute atomic E-state index is 12.5. The molecule has 0 unspecified atom stereocenters. The van der Waals surface area contributed by atoms with Crippen molar-refractivity contribution in [3.05, 3.63) is 40.1 Å². The number of nitrogens with one attached hydrogen (secondary N) is 1. The molecule has 2 heterocycles. The van der Waals surface area contributed by atoms with Crippen molar-refractivity contribution in [2.24, 2.45) is 0 Å². The number of hydrogen-bond donors (Lipinski definition) is 1. The Balaban J connectivity index is 2.18. The van der Waals surface area contributed by atoms with E-state index in [0.29, 0.717) is 12.4 Å². The van der Waals surface area contributed by atoms with E-state index in [1.807, 2.05) is 19.9 Å². The van der Waals surface area contributed by atoms with E-state index in [2.05, 4.69) is 23.0 Å². The molecule has 5 nitrogen and oxygen atoms in total. The number of rotatable bonds is 5. The van der Waals surface area contributed by atoms with Gasteiger partial charge in [-0.15, -0.1) is 0 Å². The largest absolute Gasteiger partial charge is 0.328 e. The third-order valence-electron chi connectivity index (χ3n) is 3.77. The van der Waals surface area contributed by atoms with Crippen LogP contribution >= 0.6 is 0 Å². The van der Waals surface area contributed by atoms with Crippen molar-refractivity contribution >= 4 is 5.91 Å². The Hall–Kier alpha value is -1.91. The molecule has 0 radical (unpaired) electrons.